The van der Waals surface area contributed by atoms with Crippen molar-refractivity contribution in [3.63, 3.8) is 0 Å². The lowest BCUT2D eigenvalue weighted by molar-refractivity contribution is 0.582. The molecule has 4 rings (SSSR count). The second-order valence-electron chi connectivity index (χ2n) is 7.04. The average Bonchev–Trinajstić information content (AvgIpc) is 3.45. The van der Waals surface area contributed by atoms with E-state index in [1.807, 2.05) is 72.2 Å². The molecule has 2 N–H and O–H groups in total. The van der Waals surface area contributed by atoms with E-state index in [1.165, 1.54) is 22.7 Å². The Morgan fingerprint density at radius 3 is 2.52 bits per heavy atom. The summed E-state index contributed by atoms with van der Waals surface area (Å²) in [5.41, 5.74) is 3.55. The Kier molecular flexibility index (Phi) is 6.38. The van der Waals surface area contributed by atoms with Gasteiger partial charge < -0.3 is 10.2 Å². The van der Waals surface area contributed by atoms with Crippen LogP contribution in [0.4, 0.5) is 16.5 Å². The first-order valence-corrected chi connectivity index (χ1v) is 12.8. The third-order valence-corrected chi connectivity index (χ3v) is 7.63. The van der Waals surface area contributed by atoms with Crippen LogP contribution in [0.25, 0.3) is 11.3 Å². The Labute approximate surface area is 190 Å². The molecule has 0 unspecified atom stereocenters. The summed E-state index contributed by atoms with van der Waals surface area (Å²) in [7, 11) is 0.396. The third-order valence-electron chi connectivity index (χ3n) is 4.60. The van der Waals surface area contributed by atoms with Crippen LogP contribution in [0.2, 0.25) is 0 Å². The maximum atomic E-state index is 12.7. The number of thiophene rings is 1. The molecule has 160 valence electrons. The molecule has 0 spiro atoms. The highest BCUT2D eigenvalue weighted by Gasteiger charge is 2.16. The monoisotopic (exact) mass is 470 g/mol. The molecular formula is C22H22N4O2S3. The Hall–Kier alpha value is -2.72. The smallest absolute Gasteiger partial charge is 0.240 e. The molecule has 0 fully saturated rings. The largest absolute Gasteiger partial charge is 0.378 e. The quantitative estimate of drug-likeness (QED) is 0.372. The van der Waals surface area contributed by atoms with E-state index in [4.69, 9.17) is 0 Å². The fourth-order valence-electron chi connectivity index (χ4n) is 2.92. The number of anilines is 3. The van der Waals surface area contributed by atoms with Gasteiger partial charge in [-0.25, -0.2) is 18.1 Å². The van der Waals surface area contributed by atoms with Gasteiger partial charge in [-0.05, 0) is 47.8 Å². The van der Waals surface area contributed by atoms with Crippen molar-refractivity contribution < 1.29 is 8.42 Å². The van der Waals surface area contributed by atoms with Gasteiger partial charge >= 0.3 is 0 Å². The number of hydrogen-bond donors (Lipinski definition) is 2. The van der Waals surface area contributed by atoms with E-state index >= 15 is 0 Å². The van der Waals surface area contributed by atoms with Crippen molar-refractivity contribution in [3.8, 4) is 11.3 Å². The van der Waals surface area contributed by atoms with Gasteiger partial charge in [0.15, 0.2) is 5.13 Å². The van der Waals surface area contributed by atoms with Crippen LogP contribution < -0.4 is 14.9 Å². The van der Waals surface area contributed by atoms with Crippen LogP contribution in [-0.2, 0) is 16.6 Å². The van der Waals surface area contributed by atoms with Crippen LogP contribution in [0.15, 0.2) is 76.3 Å². The van der Waals surface area contributed by atoms with E-state index in [9.17, 15) is 8.42 Å². The lowest BCUT2D eigenvalue weighted by Crippen LogP contribution is -2.22. The molecule has 0 aliphatic rings. The molecule has 0 aliphatic heterocycles. The maximum absolute atomic E-state index is 12.7. The highest BCUT2D eigenvalue weighted by Crippen LogP contribution is 2.29. The van der Waals surface area contributed by atoms with Crippen LogP contribution >= 0.6 is 22.7 Å². The van der Waals surface area contributed by atoms with E-state index in [0.717, 1.165) is 32.6 Å². The third kappa shape index (κ3) is 5.31. The number of nitrogens with zero attached hydrogens (tertiary/aromatic N) is 2. The molecule has 6 nitrogen and oxygen atoms in total. The zero-order chi connectivity index (χ0) is 21.8. The normalized spacial score (nSPS) is 11.4. The molecule has 2 aromatic heterocycles. The number of rotatable bonds is 8. The van der Waals surface area contributed by atoms with Gasteiger partial charge in [-0.15, -0.1) is 22.7 Å². The Bertz CT molecular complexity index is 1250. The highest BCUT2D eigenvalue weighted by molar-refractivity contribution is 7.89. The number of nitrogens with one attached hydrogen (secondary N) is 2. The fraction of sp³-hybridized carbons (Fsp3) is 0.136. The first-order valence-electron chi connectivity index (χ1n) is 9.53. The van der Waals surface area contributed by atoms with Gasteiger partial charge in [-0.3, -0.25) is 0 Å². The molecule has 0 amide bonds. The van der Waals surface area contributed by atoms with Crippen LogP contribution in [0, 0.1) is 0 Å². The Balaban J connectivity index is 1.48. The molecule has 0 atom stereocenters. The summed E-state index contributed by atoms with van der Waals surface area (Å²) in [6.45, 7) is 0.279. The van der Waals surface area contributed by atoms with Crippen molar-refractivity contribution in [2.75, 3.05) is 24.3 Å². The van der Waals surface area contributed by atoms with Crippen molar-refractivity contribution >= 4 is 49.2 Å². The Morgan fingerprint density at radius 2 is 1.81 bits per heavy atom. The van der Waals surface area contributed by atoms with Crippen molar-refractivity contribution in [1.82, 2.24) is 9.71 Å². The average molecular weight is 471 g/mol. The lowest BCUT2D eigenvalue weighted by atomic mass is 10.2. The molecule has 0 bridgehead atoms. The van der Waals surface area contributed by atoms with Crippen LogP contribution in [0.1, 0.15) is 4.88 Å². The van der Waals surface area contributed by atoms with Crippen molar-refractivity contribution in [3.05, 3.63) is 76.3 Å². The second-order valence-corrected chi connectivity index (χ2v) is 10.7. The molecule has 0 aliphatic carbocycles. The van der Waals surface area contributed by atoms with Crippen molar-refractivity contribution in [1.29, 1.82) is 0 Å². The van der Waals surface area contributed by atoms with Crippen LogP contribution in [0.5, 0.6) is 0 Å². The molecule has 0 radical (unpaired) electrons. The summed E-state index contributed by atoms with van der Waals surface area (Å²) in [5.74, 6) is 0. The number of aromatic nitrogens is 1. The topological polar surface area (TPSA) is 74.3 Å². The van der Waals surface area contributed by atoms with Gasteiger partial charge in [0.25, 0.3) is 0 Å². The zero-order valence-electron chi connectivity index (χ0n) is 17.1. The van der Waals surface area contributed by atoms with E-state index in [-0.39, 0.29) is 11.4 Å². The van der Waals surface area contributed by atoms with Crippen molar-refractivity contribution in [2.24, 2.45) is 0 Å². The second kappa shape index (κ2) is 9.19. The highest BCUT2D eigenvalue weighted by atomic mass is 32.2. The molecule has 0 saturated heterocycles. The minimum atomic E-state index is -3.61. The molecule has 2 aromatic carbocycles. The molecule has 31 heavy (non-hydrogen) atoms. The molecule has 2 heterocycles. The van der Waals surface area contributed by atoms with Crippen LogP contribution in [-0.4, -0.2) is 27.5 Å². The Morgan fingerprint density at radius 1 is 1.00 bits per heavy atom. The van der Waals surface area contributed by atoms with E-state index in [0.29, 0.717) is 0 Å². The molecule has 4 aromatic rings. The first kappa shape index (κ1) is 21.5. The van der Waals surface area contributed by atoms with Gasteiger partial charge in [0.1, 0.15) is 0 Å². The molecular weight excluding hydrogens is 448 g/mol. The summed E-state index contributed by atoms with van der Waals surface area (Å²) < 4.78 is 28.0. The van der Waals surface area contributed by atoms with Gasteiger partial charge in [-0.1, -0.05) is 18.2 Å². The van der Waals surface area contributed by atoms with Gasteiger partial charge in [0, 0.05) is 47.8 Å². The van der Waals surface area contributed by atoms with E-state index in [2.05, 4.69) is 15.0 Å². The molecule has 9 heteroatoms. The number of hydrogen-bond acceptors (Lipinski definition) is 7. The number of thiazole rings is 1. The van der Waals surface area contributed by atoms with Crippen LogP contribution in [0.3, 0.4) is 0 Å². The first-order chi connectivity index (χ1) is 14.9. The van der Waals surface area contributed by atoms with Gasteiger partial charge in [0.05, 0.1) is 10.6 Å². The standard InChI is InChI=1S/C22H22N4O2S3/c1-26(2)18-10-8-17(9-11-18)24-22-25-21(15-30-22)16-5-3-7-20(13-16)31(27,28)23-14-19-6-4-12-29-19/h3-13,15,23H,14H2,1-2H3,(H,24,25). The summed E-state index contributed by atoms with van der Waals surface area (Å²) in [6, 6.07) is 18.7. The zero-order valence-corrected chi connectivity index (χ0v) is 19.5. The van der Waals surface area contributed by atoms with Crippen molar-refractivity contribution in [2.45, 2.75) is 11.4 Å². The minimum Gasteiger partial charge on any atom is -0.378 e. The summed E-state index contributed by atoms with van der Waals surface area (Å²) in [5, 5.41) is 7.89. The molecule has 0 saturated carbocycles. The van der Waals surface area contributed by atoms with E-state index < -0.39 is 10.0 Å². The summed E-state index contributed by atoms with van der Waals surface area (Å²) in [4.78, 5) is 7.86. The maximum Gasteiger partial charge on any atom is 0.240 e. The van der Waals surface area contributed by atoms with Gasteiger partial charge in [-0.2, -0.15) is 0 Å². The lowest BCUT2D eigenvalue weighted by Gasteiger charge is -2.12. The predicted molar refractivity (Wildman–Crippen MR) is 130 cm³/mol. The summed E-state index contributed by atoms with van der Waals surface area (Å²) in [6.07, 6.45) is 0. The summed E-state index contributed by atoms with van der Waals surface area (Å²) >= 11 is 2.99. The number of sulfonamides is 1. The SMILES string of the molecule is CN(C)c1ccc(Nc2nc(-c3cccc(S(=O)(=O)NCc4cccs4)c3)cs2)cc1. The fourth-order valence-corrected chi connectivity index (χ4v) is 5.44. The van der Waals surface area contributed by atoms with Gasteiger partial charge in [0.2, 0.25) is 10.0 Å². The predicted octanol–water partition coefficient (Wildman–Crippen LogP) is 5.16. The number of benzene rings is 2. The van der Waals surface area contributed by atoms with E-state index in [1.54, 1.807) is 18.2 Å². The minimum absolute atomic E-state index is 0.225.